The molecule has 0 bridgehead atoms. The predicted molar refractivity (Wildman–Crippen MR) is 78.1 cm³/mol. The van der Waals surface area contributed by atoms with Gasteiger partial charge in [-0.05, 0) is 42.9 Å². The monoisotopic (exact) mass is 249 g/mol. The van der Waals surface area contributed by atoms with Crippen molar-refractivity contribution in [2.45, 2.75) is 65.0 Å². The Morgan fingerprint density at radius 1 is 1.17 bits per heavy atom. The first-order valence-electron chi connectivity index (χ1n) is 6.93. The lowest BCUT2D eigenvalue weighted by Crippen LogP contribution is -2.35. The fraction of sp³-hybridized carbons (Fsp3) is 0.625. The number of rotatable bonds is 6. The summed E-state index contributed by atoms with van der Waals surface area (Å²) in [7, 11) is 0. The van der Waals surface area contributed by atoms with E-state index in [1.165, 1.54) is 5.56 Å². The highest BCUT2D eigenvalue weighted by Gasteiger charge is 2.18. The van der Waals surface area contributed by atoms with Crippen molar-refractivity contribution in [2.24, 2.45) is 5.73 Å². The Morgan fingerprint density at radius 3 is 2.17 bits per heavy atom. The van der Waals surface area contributed by atoms with Crippen molar-refractivity contribution in [3.8, 4) is 5.75 Å². The molecule has 0 aliphatic heterocycles. The molecule has 1 rings (SSSR count). The van der Waals surface area contributed by atoms with Gasteiger partial charge in [-0.15, -0.1) is 0 Å². The minimum atomic E-state index is 0.0556. The molecule has 18 heavy (non-hydrogen) atoms. The van der Waals surface area contributed by atoms with Crippen LogP contribution < -0.4 is 10.5 Å². The van der Waals surface area contributed by atoms with E-state index in [9.17, 15) is 0 Å². The molecule has 2 atom stereocenters. The molecule has 2 nitrogen and oxygen atoms in total. The van der Waals surface area contributed by atoms with E-state index in [-0.39, 0.29) is 17.6 Å². The average molecular weight is 249 g/mol. The quantitative estimate of drug-likeness (QED) is 0.830. The third kappa shape index (κ3) is 3.74. The number of hydrogen-bond acceptors (Lipinski definition) is 2. The first-order valence-corrected chi connectivity index (χ1v) is 6.93. The maximum Gasteiger partial charge on any atom is 0.119 e. The molecule has 2 heteroatoms. The van der Waals surface area contributed by atoms with Gasteiger partial charge in [-0.1, -0.05) is 39.8 Å². The van der Waals surface area contributed by atoms with Gasteiger partial charge in [0.05, 0.1) is 0 Å². The Kier molecular flexibility index (Phi) is 5.21. The minimum absolute atomic E-state index is 0.0556. The lowest BCUT2D eigenvalue weighted by atomic mass is 9.82. The molecule has 0 heterocycles. The van der Waals surface area contributed by atoms with Crippen molar-refractivity contribution < 1.29 is 4.74 Å². The van der Waals surface area contributed by atoms with Gasteiger partial charge in [-0.3, -0.25) is 0 Å². The van der Waals surface area contributed by atoms with Gasteiger partial charge in [-0.2, -0.15) is 0 Å². The maximum atomic E-state index is 5.96. The lowest BCUT2D eigenvalue weighted by molar-refractivity contribution is 0.187. The van der Waals surface area contributed by atoms with Crippen LogP contribution in [0.2, 0.25) is 0 Å². The van der Waals surface area contributed by atoms with E-state index in [1.807, 2.05) is 19.1 Å². The van der Waals surface area contributed by atoms with Crippen molar-refractivity contribution in [3.05, 3.63) is 29.8 Å². The van der Waals surface area contributed by atoms with Gasteiger partial charge in [0.15, 0.2) is 0 Å². The van der Waals surface area contributed by atoms with Crippen LogP contribution in [0.3, 0.4) is 0 Å². The Hall–Kier alpha value is -1.02. The molecular formula is C16H27NO. The molecule has 0 radical (unpaired) electrons. The summed E-state index contributed by atoms with van der Waals surface area (Å²) < 4.78 is 5.84. The van der Waals surface area contributed by atoms with E-state index in [4.69, 9.17) is 10.5 Å². The molecule has 1 aromatic rings. The Morgan fingerprint density at radius 2 is 1.72 bits per heavy atom. The molecule has 0 spiro atoms. The summed E-state index contributed by atoms with van der Waals surface area (Å²) in [4.78, 5) is 0. The first-order chi connectivity index (χ1) is 8.40. The standard InChI is InChI=1S/C16H27NO/c1-6-15(17)12(3)18-14-10-8-13(9-11-14)16(4,5)7-2/h8-12,15H,6-7,17H2,1-5H3. The van der Waals surface area contributed by atoms with Gasteiger partial charge < -0.3 is 10.5 Å². The first kappa shape index (κ1) is 15.0. The highest BCUT2D eigenvalue weighted by Crippen LogP contribution is 2.28. The van der Waals surface area contributed by atoms with Gasteiger partial charge >= 0.3 is 0 Å². The van der Waals surface area contributed by atoms with Crippen LogP contribution in [0.15, 0.2) is 24.3 Å². The molecule has 1 aromatic carbocycles. The zero-order chi connectivity index (χ0) is 13.8. The highest BCUT2D eigenvalue weighted by molar-refractivity contribution is 5.31. The van der Waals surface area contributed by atoms with Crippen LogP contribution in [0.5, 0.6) is 5.75 Å². The fourth-order valence-electron chi connectivity index (χ4n) is 1.82. The van der Waals surface area contributed by atoms with Gasteiger partial charge in [0.25, 0.3) is 0 Å². The minimum Gasteiger partial charge on any atom is -0.489 e. The second kappa shape index (κ2) is 6.24. The molecule has 2 N–H and O–H groups in total. The Balaban J connectivity index is 2.72. The van der Waals surface area contributed by atoms with Crippen LogP contribution in [-0.2, 0) is 5.41 Å². The van der Waals surface area contributed by atoms with E-state index < -0.39 is 0 Å². The molecule has 0 aliphatic rings. The third-order valence-electron chi connectivity index (χ3n) is 3.92. The molecule has 0 saturated heterocycles. The molecule has 0 fully saturated rings. The second-order valence-corrected chi connectivity index (χ2v) is 5.66. The zero-order valence-electron chi connectivity index (χ0n) is 12.4. The molecule has 2 unspecified atom stereocenters. The van der Waals surface area contributed by atoms with Crippen molar-refractivity contribution in [2.75, 3.05) is 0 Å². The fourth-order valence-corrected chi connectivity index (χ4v) is 1.82. The van der Waals surface area contributed by atoms with Gasteiger partial charge in [0.2, 0.25) is 0 Å². The van der Waals surface area contributed by atoms with Crippen LogP contribution in [0.1, 0.15) is 53.0 Å². The number of nitrogens with two attached hydrogens (primary N) is 1. The van der Waals surface area contributed by atoms with Gasteiger partial charge in [0, 0.05) is 6.04 Å². The highest BCUT2D eigenvalue weighted by atomic mass is 16.5. The normalized spacial score (nSPS) is 15.2. The number of benzene rings is 1. The van der Waals surface area contributed by atoms with E-state index in [0.717, 1.165) is 18.6 Å². The smallest absolute Gasteiger partial charge is 0.119 e. The summed E-state index contributed by atoms with van der Waals surface area (Å²) in [6, 6.07) is 8.50. The average Bonchev–Trinajstić information content (AvgIpc) is 2.38. The second-order valence-electron chi connectivity index (χ2n) is 5.66. The molecule has 0 saturated carbocycles. The van der Waals surface area contributed by atoms with Crippen molar-refractivity contribution >= 4 is 0 Å². The van der Waals surface area contributed by atoms with Crippen LogP contribution in [0.25, 0.3) is 0 Å². The topological polar surface area (TPSA) is 35.2 Å². The Bertz CT molecular complexity index is 356. The van der Waals surface area contributed by atoms with Crippen LogP contribution in [0.4, 0.5) is 0 Å². The summed E-state index contributed by atoms with van der Waals surface area (Å²) in [5, 5.41) is 0. The summed E-state index contributed by atoms with van der Waals surface area (Å²) >= 11 is 0. The molecule has 102 valence electrons. The lowest BCUT2D eigenvalue weighted by Gasteiger charge is -2.24. The van der Waals surface area contributed by atoms with Crippen LogP contribution in [0, 0.1) is 0 Å². The van der Waals surface area contributed by atoms with E-state index in [1.54, 1.807) is 0 Å². The van der Waals surface area contributed by atoms with Crippen LogP contribution in [-0.4, -0.2) is 12.1 Å². The third-order valence-corrected chi connectivity index (χ3v) is 3.92. The largest absolute Gasteiger partial charge is 0.489 e. The van der Waals surface area contributed by atoms with E-state index in [2.05, 4.69) is 39.8 Å². The summed E-state index contributed by atoms with van der Waals surface area (Å²) in [5.41, 5.74) is 7.54. The zero-order valence-corrected chi connectivity index (χ0v) is 12.4. The molecule has 0 aliphatic carbocycles. The Labute approximate surface area is 112 Å². The predicted octanol–water partition coefficient (Wildman–Crippen LogP) is 3.88. The maximum absolute atomic E-state index is 5.96. The SMILES string of the molecule is CCC(N)C(C)Oc1ccc(C(C)(C)CC)cc1. The number of hydrogen-bond donors (Lipinski definition) is 1. The van der Waals surface area contributed by atoms with Crippen LogP contribution >= 0.6 is 0 Å². The van der Waals surface area contributed by atoms with Crippen molar-refractivity contribution in [1.82, 2.24) is 0 Å². The summed E-state index contributed by atoms with van der Waals surface area (Å²) in [6.45, 7) is 10.8. The molecular weight excluding hydrogens is 222 g/mol. The van der Waals surface area contributed by atoms with E-state index in [0.29, 0.717) is 0 Å². The molecule has 0 aromatic heterocycles. The summed E-state index contributed by atoms with van der Waals surface area (Å²) in [6.07, 6.45) is 2.12. The van der Waals surface area contributed by atoms with Gasteiger partial charge in [0.1, 0.15) is 11.9 Å². The van der Waals surface area contributed by atoms with E-state index >= 15 is 0 Å². The summed E-state index contributed by atoms with van der Waals surface area (Å²) in [5.74, 6) is 0.905. The molecule has 0 amide bonds. The van der Waals surface area contributed by atoms with Gasteiger partial charge in [-0.25, -0.2) is 0 Å². The number of ether oxygens (including phenoxy) is 1. The van der Waals surface area contributed by atoms with Crippen molar-refractivity contribution in [3.63, 3.8) is 0 Å². The van der Waals surface area contributed by atoms with Crippen molar-refractivity contribution in [1.29, 1.82) is 0 Å².